The molecule has 5 rings (SSSR count). The number of hydrogen-bond acceptors (Lipinski definition) is 2. The number of halogens is 1. The molecule has 1 amide bonds. The van der Waals surface area contributed by atoms with Gasteiger partial charge in [-0.05, 0) is 52.4 Å². The Kier molecular flexibility index (Phi) is 5.60. The molecule has 0 aliphatic carbocycles. The molecule has 1 aromatic heterocycles. The number of carbonyl (C=O) groups excluding carboxylic acids is 1. The molecule has 4 aromatic carbocycles. The molecule has 5 aromatic rings. The number of para-hydroxylation sites is 1. The first-order chi connectivity index (χ1) is 16.6. The zero-order valence-corrected chi connectivity index (χ0v) is 18.6. The molecule has 168 valence electrons. The fourth-order valence-corrected chi connectivity index (χ4v) is 4.63. The lowest BCUT2D eigenvalue weighted by atomic mass is 9.82. The number of nitrogens with one attached hydrogen (secondary N) is 1. The molecule has 0 bridgehead atoms. The normalized spacial score (nSPS) is 11.9. The third-order valence-corrected chi connectivity index (χ3v) is 6.10. The highest BCUT2D eigenvalue weighted by molar-refractivity contribution is 6.02. The highest BCUT2D eigenvalue weighted by atomic mass is 19.1. The summed E-state index contributed by atoms with van der Waals surface area (Å²) < 4.78 is 20.1. The molecule has 4 nitrogen and oxygen atoms in total. The fourth-order valence-electron chi connectivity index (χ4n) is 4.63. The van der Waals surface area contributed by atoms with Gasteiger partial charge in [-0.2, -0.15) is 0 Å². The van der Waals surface area contributed by atoms with Crippen LogP contribution in [0.3, 0.4) is 0 Å². The Bertz CT molecular complexity index is 1460. The largest absolute Gasteiger partial charge is 0.496 e. The van der Waals surface area contributed by atoms with Gasteiger partial charge in [0.05, 0.1) is 18.6 Å². The van der Waals surface area contributed by atoms with E-state index in [4.69, 9.17) is 10.5 Å². The molecular formula is C29H23FN2O2. The molecule has 0 fully saturated rings. The van der Waals surface area contributed by atoms with E-state index in [2.05, 4.69) is 4.98 Å². The number of H-pyrrole nitrogens is 1. The summed E-state index contributed by atoms with van der Waals surface area (Å²) in [7, 11) is 1.55. The summed E-state index contributed by atoms with van der Waals surface area (Å²) in [5.74, 6) is -0.947. The molecule has 0 saturated heterocycles. The van der Waals surface area contributed by atoms with E-state index in [-0.39, 0.29) is 0 Å². The van der Waals surface area contributed by atoms with Crippen LogP contribution in [0.25, 0.3) is 22.0 Å². The number of fused-ring (bicyclic) bond motifs is 1. The van der Waals surface area contributed by atoms with Crippen LogP contribution in [-0.4, -0.2) is 18.0 Å². The number of hydrogen-bond donors (Lipinski definition) is 2. The molecule has 0 saturated carbocycles. The molecule has 5 heteroatoms. The fraction of sp³-hybridized carbons (Fsp3) is 0.0690. The number of aromatic amines is 1. The van der Waals surface area contributed by atoms with Gasteiger partial charge in [0.2, 0.25) is 5.91 Å². The van der Waals surface area contributed by atoms with Crippen molar-refractivity contribution in [3.8, 4) is 16.9 Å². The van der Waals surface area contributed by atoms with Gasteiger partial charge >= 0.3 is 0 Å². The summed E-state index contributed by atoms with van der Waals surface area (Å²) in [6.07, 6.45) is 0. The van der Waals surface area contributed by atoms with E-state index >= 15 is 0 Å². The van der Waals surface area contributed by atoms with Crippen molar-refractivity contribution < 1.29 is 13.9 Å². The maximum absolute atomic E-state index is 14.5. The number of aromatic nitrogens is 1. The predicted octanol–water partition coefficient (Wildman–Crippen LogP) is 6.26. The minimum absolute atomic E-state index is 0.392. The van der Waals surface area contributed by atoms with Crippen LogP contribution in [0.2, 0.25) is 0 Å². The van der Waals surface area contributed by atoms with Crippen molar-refractivity contribution in [1.82, 2.24) is 4.98 Å². The maximum Gasteiger partial charge on any atom is 0.249 e. The second-order valence-electron chi connectivity index (χ2n) is 8.13. The number of ether oxygens (including phenoxy) is 1. The molecular weight excluding hydrogens is 427 g/mol. The standard InChI is InChI=1S/C29H23FN2O2/c1-34-26-15-14-20(30)17-23(26)27(25-16-19-10-5-6-13-24(19)32-25)22-12-7-11-21(28(22)29(31)33)18-8-3-2-4-9-18/h2-17,27,32H,1H3,(H2,31,33). The van der Waals surface area contributed by atoms with Crippen LogP contribution >= 0.6 is 0 Å². The van der Waals surface area contributed by atoms with Crippen LogP contribution in [0.5, 0.6) is 5.75 Å². The van der Waals surface area contributed by atoms with Crippen molar-refractivity contribution in [3.63, 3.8) is 0 Å². The first kappa shape index (κ1) is 21.5. The lowest BCUT2D eigenvalue weighted by molar-refractivity contribution is 0.1000. The molecule has 0 radical (unpaired) electrons. The van der Waals surface area contributed by atoms with Gasteiger partial charge in [-0.1, -0.05) is 66.7 Å². The summed E-state index contributed by atoms with van der Waals surface area (Å²) >= 11 is 0. The number of methoxy groups -OCH3 is 1. The van der Waals surface area contributed by atoms with Crippen molar-refractivity contribution in [2.75, 3.05) is 7.11 Å². The van der Waals surface area contributed by atoms with Gasteiger partial charge in [0.1, 0.15) is 11.6 Å². The van der Waals surface area contributed by atoms with Gasteiger partial charge in [0.15, 0.2) is 0 Å². The molecule has 0 aliphatic rings. The van der Waals surface area contributed by atoms with Crippen molar-refractivity contribution in [3.05, 3.63) is 125 Å². The Balaban J connectivity index is 1.83. The molecule has 1 atom stereocenters. The minimum atomic E-state index is -0.550. The molecule has 0 spiro atoms. The molecule has 34 heavy (non-hydrogen) atoms. The Morgan fingerprint density at radius 2 is 1.65 bits per heavy atom. The number of amides is 1. The van der Waals surface area contributed by atoms with Crippen LogP contribution in [0.1, 0.15) is 33.1 Å². The summed E-state index contributed by atoms with van der Waals surface area (Å²) in [4.78, 5) is 16.3. The van der Waals surface area contributed by atoms with Gasteiger partial charge in [0, 0.05) is 16.8 Å². The second-order valence-corrected chi connectivity index (χ2v) is 8.13. The summed E-state index contributed by atoms with van der Waals surface area (Å²) in [6.45, 7) is 0. The number of benzene rings is 4. The number of carbonyl (C=O) groups is 1. The van der Waals surface area contributed by atoms with Gasteiger partial charge in [-0.15, -0.1) is 0 Å². The molecule has 1 heterocycles. The lowest BCUT2D eigenvalue weighted by Gasteiger charge is -2.23. The van der Waals surface area contributed by atoms with Gasteiger partial charge in [-0.3, -0.25) is 4.79 Å². The number of primary amides is 1. The van der Waals surface area contributed by atoms with E-state index in [0.717, 1.165) is 27.7 Å². The van der Waals surface area contributed by atoms with Crippen LogP contribution in [0.4, 0.5) is 4.39 Å². The average Bonchev–Trinajstić information content (AvgIpc) is 3.28. The second kappa shape index (κ2) is 8.87. The maximum atomic E-state index is 14.5. The monoisotopic (exact) mass is 450 g/mol. The number of nitrogens with two attached hydrogens (primary N) is 1. The smallest absolute Gasteiger partial charge is 0.249 e. The van der Waals surface area contributed by atoms with Crippen molar-refractivity contribution in [2.24, 2.45) is 5.73 Å². The van der Waals surface area contributed by atoms with E-state index < -0.39 is 17.6 Å². The van der Waals surface area contributed by atoms with E-state index in [9.17, 15) is 9.18 Å². The minimum Gasteiger partial charge on any atom is -0.496 e. The average molecular weight is 451 g/mol. The highest BCUT2D eigenvalue weighted by Crippen LogP contribution is 2.41. The van der Waals surface area contributed by atoms with E-state index in [0.29, 0.717) is 22.4 Å². The van der Waals surface area contributed by atoms with Crippen molar-refractivity contribution in [2.45, 2.75) is 5.92 Å². The van der Waals surface area contributed by atoms with Crippen LogP contribution < -0.4 is 10.5 Å². The topological polar surface area (TPSA) is 68.1 Å². The quantitative estimate of drug-likeness (QED) is 0.321. The van der Waals surface area contributed by atoms with E-state index in [1.165, 1.54) is 12.1 Å². The zero-order chi connectivity index (χ0) is 23.7. The summed E-state index contributed by atoms with van der Waals surface area (Å²) in [6, 6.07) is 29.6. The molecule has 3 N–H and O–H groups in total. The Hall–Kier alpha value is -4.38. The van der Waals surface area contributed by atoms with Crippen LogP contribution in [0.15, 0.2) is 97.1 Å². The Morgan fingerprint density at radius 3 is 2.38 bits per heavy atom. The molecule has 1 unspecified atom stereocenters. The van der Waals surface area contributed by atoms with Gasteiger partial charge in [0.25, 0.3) is 0 Å². The summed E-state index contributed by atoms with van der Waals surface area (Å²) in [5, 5.41) is 1.01. The molecule has 0 aliphatic heterocycles. The van der Waals surface area contributed by atoms with Crippen molar-refractivity contribution in [1.29, 1.82) is 0 Å². The zero-order valence-electron chi connectivity index (χ0n) is 18.6. The highest BCUT2D eigenvalue weighted by Gasteiger charge is 2.28. The third kappa shape index (κ3) is 3.82. The lowest BCUT2D eigenvalue weighted by Crippen LogP contribution is -2.18. The van der Waals surface area contributed by atoms with Crippen LogP contribution in [0, 0.1) is 5.82 Å². The first-order valence-corrected chi connectivity index (χ1v) is 11.0. The van der Waals surface area contributed by atoms with E-state index in [1.807, 2.05) is 78.9 Å². The Morgan fingerprint density at radius 1 is 0.882 bits per heavy atom. The number of rotatable bonds is 6. The Labute approximate surface area is 196 Å². The van der Waals surface area contributed by atoms with E-state index in [1.54, 1.807) is 13.2 Å². The van der Waals surface area contributed by atoms with Crippen molar-refractivity contribution >= 4 is 16.8 Å². The van der Waals surface area contributed by atoms with Crippen LogP contribution in [-0.2, 0) is 0 Å². The van der Waals surface area contributed by atoms with Gasteiger partial charge in [-0.25, -0.2) is 4.39 Å². The SMILES string of the molecule is COc1ccc(F)cc1C(c1cc2ccccc2[nH]1)c1cccc(-c2ccccc2)c1C(N)=O. The summed E-state index contributed by atoms with van der Waals surface area (Å²) in [5.41, 5.74) is 11.0. The van der Waals surface area contributed by atoms with Gasteiger partial charge < -0.3 is 15.5 Å². The predicted molar refractivity (Wildman–Crippen MR) is 133 cm³/mol. The third-order valence-electron chi connectivity index (χ3n) is 6.10. The first-order valence-electron chi connectivity index (χ1n) is 11.0.